The minimum atomic E-state index is -0.0489. The van der Waals surface area contributed by atoms with Crippen molar-refractivity contribution in [1.82, 2.24) is 15.0 Å². The van der Waals surface area contributed by atoms with Crippen molar-refractivity contribution in [2.24, 2.45) is 0 Å². The van der Waals surface area contributed by atoms with Crippen molar-refractivity contribution in [2.75, 3.05) is 5.32 Å². The Morgan fingerprint density at radius 3 is 2.53 bits per heavy atom. The fourth-order valence-electron chi connectivity index (χ4n) is 1.66. The summed E-state index contributed by atoms with van der Waals surface area (Å²) >= 11 is 0. The SMILES string of the molecule is CC(C)Nc1nc(C(C)(C)C)nc2[nH]ccc12. The molecule has 0 aliphatic heterocycles. The first-order valence-electron chi connectivity index (χ1n) is 6.00. The van der Waals surface area contributed by atoms with Crippen LogP contribution in [0.3, 0.4) is 0 Å². The third-order valence-electron chi connectivity index (χ3n) is 2.51. The molecular weight excluding hydrogens is 212 g/mol. The highest BCUT2D eigenvalue weighted by Gasteiger charge is 2.20. The maximum Gasteiger partial charge on any atom is 0.143 e. The van der Waals surface area contributed by atoms with Crippen molar-refractivity contribution in [1.29, 1.82) is 0 Å². The fraction of sp³-hybridized carbons (Fsp3) is 0.538. The summed E-state index contributed by atoms with van der Waals surface area (Å²) in [4.78, 5) is 12.4. The molecule has 0 atom stereocenters. The molecular formula is C13H20N4. The van der Waals surface area contributed by atoms with Crippen LogP contribution in [0.15, 0.2) is 12.3 Å². The Morgan fingerprint density at radius 2 is 1.94 bits per heavy atom. The fourth-order valence-corrected chi connectivity index (χ4v) is 1.66. The molecule has 2 N–H and O–H groups in total. The zero-order valence-corrected chi connectivity index (χ0v) is 11.1. The first-order chi connectivity index (χ1) is 7.88. The number of aromatic amines is 1. The van der Waals surface area contributed by atoms with E-state index in [1.165, 1.54) is 0 Å². The van der Waals surface area contributed by atoms with Crippen molar-refractivity contribution < 1.29 is 0 Å². The van der Waals surface area contributed by atoms with Crippen molar-refractivity contribution in [3.8, 4) is 0 Å². The summed E-state index contributed by atoms with van der Waals surface area (Å²) in [6.07, 6.45) is 1.90. The van der Waals surface area contributed by atoms with Crippen LogP contribution in [0.2, 0.25) is 0 Å². The molecule has 0 fully saturated rings. The Labute approximate surface area is 102 Å². The summed E-state index contributed by atoms with van der Waals surface area (Å²) in [5, 5.41) is 4.42. The first kappa shape index (κ1) is 11.9. The van der Waals surface area contributed by atoms with E-state index in [1.807, 2.05) is 12.3 Å². The smallest absolute Gasteiger partial charge is 0.143 e. The van der Waals surface area contributed by atoms with E-state index in [0.717, 1.165) is 22.7 Å². The van der Waals surface area contributed by atoms with Crippen LogP contribution in [0.5, 0.6) is 0 Å². The van der Waals surface area contributed by atoms with Gasteiger partial charge in [-0.05, 0) is 19.9 Å². The van der Waals surface area contributed by atoms with Crippen LogP contribution in [-0.4, -0.2) is 21.0 Å². The standard InChI is InChI=1S/C13H20N4/c1-8(2)15-11-9-6-7-14-10(9)16-12(17-11)13(3,4)5/h6-8H,1-5H3,(H2,14,15,16,17). The van der Waals surface area contributed by atoms with Gasteiger partial charge < -0.3 is 10.3 Å². The number of aromatic nitrogens is 3. The van der Waals surface area contributed by atoms with Crippen LogP contribution < -0.4 is 5.32 Å². The molecule has 0 saturated carbocycles. The average Bonchev–Trinajstić information content (AvgIpc) is 2.62. The molecule has 0 saturated heterocycles. The van der Waals surface area contributed by atoms with Gasteiger partial charge in [-0.3, -0.25) is 0 Å². The van der Waals surface area contributed by atoms with Gasteiger partial charge in [0.2, 0.25) is 0 Å². The summed E-state index contributed by atoms with van der Waals surface area (Å²) in [6, 6.07) is 2.36. The molecule has 4 heteroatoms. The zero-order chi connectivity index (χ0) is 12.6. The molecule has 2 aromatic heterocycles. The average molecular weight is 232 g/mol. The van der Waals surface area contributed by atoms with E-state index < -0.39 is 0 Å². The lowest BCUT2D eigenvalue weighted by atomic mass is 9.95. The van der Waals surface area contributed by atoms with Crippen molar-refractivity contribution in [2.45, 2.75) is 46.1 Å². The van der Waals surface area contributed by atoms with Gasteiger partial charge in [-0.25, -0.2) is 9.97 Å². The second-order valence-corrected chi connectivity index (χ2v) is 5.68. The Kier molecular flexibility index (Phi) is 2.81. The molecule has 2 aromatic rings. The number of rotatable bonds is 2. The van der Waals surface area contributed by atoms with Gasteiger partial charge in [0, 0.05) is 17.7 Å². The summed E-state index contributed by atoms with van der Waals surface area (Å²) in [5.41, 5.74) is 0.847. The monoisotopic (exact) mass is 232 g/mol. The van der Waals surface area contributed by atoms with Gasteiger partial charge in [-0.1, -0.05) is 20.8 Å². The number of hydrogen-bond acceptors (Lipinski definition) is 3. The zero-order valence-electron chi connectivity index (χ0n) is 11.1. The molecule has 2 rings (SSSR count). The maximum absolute atomic E-state index is 4.64. The van der Waals surface area contributed by atoms with E-state index in [-0.39, 0.29) is 5.41 Å². The number of H-pyrrole nitrogens is 1. The van der Waals surface area contributed by atoms with Crippen LogP contribution in [0.1, 0.15) is 40.4 Å². The normalized spacial score (nSPS) is 12.4. The summed E-state index contributed by atoms with van der Waals surface area (Å²) < 4.78 is 0. The number of fused-ring (bicyclic) bond motifs is 1. The Morgan fingerprint density at radius 1 is 1.24 bits per heavy atom. The Hall–Kier alpha value is -1.58. The molecule has 4 nitrogen and oxygen atoms in total. The minimum Gasteiger partial charge on any atom is -0.367 e. The van der Waals surface area contributed by atoms with E-state index >= 15 is 0 Å². The molecule has 2 heterocycles. The highest BCUT2D eigenvalue weighted by molar-refractivity contribution is 5.87. The van der Waals surface area contributed by atoms with Crippen molar-refractivity contribution in [3.63, 3.8) is 0 Å². The van der Waals surface area contributed by atoms with Crippen molar-refractivity contribution in [3.05, 3.63) is 18.1 Å². The molecule has 0 radical (unpaired) electrons. The molecule has 0 bridgehead atoms. The van der Waals surface area contributed by atoms with Crippen LogP contribution in [0.4, 0.5) is 5.82 Å². The topological polar surface area (TPSA) is 53.6 Å². The predicted octanol–water partition coefficient (Wildman–Crippen LogP) is 3.08. The van der Waals surface area contributed by atoms with E-state index in [9.17, 15) is 0 Å². The van der Waals surface area contributed by atoms with E-state index in [1.54, 1.807) is 0 Å². The van der Waals surface area contributed by atoms with E-state index in [4.69, 9.17) is 0 Å². The highest BCUT2D eigenvalue weighted by Crippen LogP contribution is 2.25. The third-order valence-corrected chi connectivity index (χ3v) is 2.51. The molecule has 92 valence electrons. The molecule has 0 unspecified atom stereocenters. The van der Waals surface area contributed by atoms with Gasteiger partial charge in [-0.2, -0.15) is 0 Å². The maximum atomic E-state index is 4.64. The molecule has 0 spiro atoms. The van der Waals surface area contributed by atoms with Crippen LogP contribution in [0, 0.1) is 0 Å². The largest absolute Gasteiger partial charge is 0.367 e. The Balaban J connectivity index is 2.58. The molecule has 0 aliphatic rings. The first-order valence-corrected chi connectivity index (χ1v) is 6.00. The highest BCUT2D eigenvalue weighted by atomic mass is 15.1. The van der Waals surface area contributed by atoms with Gasteiger partial charge in [0.15, 0.2) is 0 Å². The molecule has 0 aromatic carbocycles. The summed E-state index contributed by atoms with van der Waals surface area (Å²) in [5.74, 6) is 1.77. The van der Waals surface area contributed by atoms with Gasteiger partial charge in [0.25, 0.3) is 0 Å². The number of hydrogen-bond donors (Lipinski definition) is 2. The molecule has 17 heavy (non-hydrogen) atoms. The second kappa shape index (κ2) is 4.02. The summed E-state index contributed by atoms with van der Waals surface area (Å²) in [7, 11) is 0. The second-order valence-electron chi connectivity index (χ2n) is 5.68. The summed E-state index contributed by atoms with van der Waals surface area (Å²) in [6.45, 7) is 10.6. The predicted molar refractivity (Wildman–Crippen MR) is 71.3 cm³/mol. The quantitative estimate of drug-likeness (QED) is 0.836. The van der Waals surface area contributed by atoms with Gasteiger partial charge in [-0.15, -0.1) is 0 Å². The van der Waals surface area contributed by atoms with E-state index in [2.05, 4.69) is 54.9 Å². The molecule has 0 aliphatic carbocycles. The lowest BCUT2D eigenvalue weighted by molar-refractivity contribution is 0.548. The number of anilines is 1. The lowest BCUT2D eigenvalue weighted by Gasteiger charge is -2.19. The third kappa shape index (κ3) is 2.40. The lowest BCUT2D eigenvalue weighted by Crippen LogP contribution is -2.19. The Bertz CT molecular complexity index is 520. The van der Waals surface area contributed by atoms with E-state index in [0.29, 0.717) is 6.04 Å². The van der Waals surface area contributed by atoms with Crippen molar-refractivity contribution >= 4 is 16.9 Å². The molecule has 0 amide bonds. The van der Waals surface area contributed by atoms with Crippen LogP contribution in [-0.2, 0) is 5.41 Å². The number of nitrogens with zero attached hydrogens (tertiary/aromatic N) is 2. The van der Waals surface area contributed by atoms with Crippen LogP contribution in [0.25, 0.3) is 11.0 Å². The minimum absolute atomic E-state index is 0.0489. The van der Waals surface area contributed by atoms with Gasteiger partial charge in [0.1, 0.15) is 17.3 Å². The van der Waals surface area contributed by atoms with Gasteiger partial charge >= 0.3 is 0 Å². The number of nitrogens with one attached hydrogen (secondary N) is 2. The van der Waals surface area contributed by atoms with Crippen LogP contribution >= 0.6 is 0 Å². The van der Waals surface area contributed by atoms with Gasteiger partial charge in [0.05, 0.1) is 5.39 Å².